The van der Waals surface area contributed by atoms with E-state index >= 15 is 0 Å². The highest BCUT2D eigenvalue weighted by Gasteiger charge is 2.58. The second-order valence-corrected chi connectivity index (χ2v) is 7.83. The number of carbonyl (C=O) groups excluding carboxylic acids is 1. The maximum Gasteiger partial charge on any atom is 0.229 e. The quantitative estimate of drug-likeness (QED) is 0.606. The summed E-state index contributed by atoms with van der Waals surface area (Å²) in [7, 11) is 0. The van der Waals surface area contributed by atoms with E-state index in [1.54, 1.807) is 12.3 Å². The lowest BCUT2D eigenvalue weighted by molar-refractivity contribution is -0.117. The molecular weight excluding hydrogens is 402 g/mol. The first-order chi connectivity index (χ1) is 14.9. The van der Waals surface area contributed by atoms with Crippen LogP contribution < -0.4 is 5.32 Å². The van der Waals surface area contributed by atoms with Crippen molar-refractivity contribution in [2.75, 3.05) is 5.32 Å². The summed E-state index contributed by atoms with van der Waals surface area (Å²) in [6.45, 7) is 1.62. The summed E-state index contributed by atoms with van der Waals surface area (Å²) >= 11 is 0. The zero-order valence-corrected chi connectivity index (χ0v) is 17.0. The number of hydrogen-bond acceptors (Lipinski definition) is 5. The van der Waals surface area contributed by atoms with Crippen LogP contribution in [0.25, 0.3) is 0 Å². The highest BCUT2D eigenvalue weighted by molar-refractivity contribution is 5.95. The number of nitrogens with zero attached hydrogens (tertiary/aromatic N) is 3. The van der Waals surface area contributed by atoms with Crippen LogP contribution in [0.2, 0.25) is 0 Å². The summed E-state index contributed by atoms with van der Waals surface area (Å²) in [5, 5.41) is 11.9. The molecule has 0 aliphatic heterocycles. The molecule has 1 aliphatic rings. The molecule has 0 radical (unpaired) electrons. The normalized spacial score (nSPS) is 19.8. The number of aromatic nitrogens is 3. The average molecular weight is 424 g/mol. The molecule has 0 bridgehead atoms. The predicted molar refractivity (Wildman–Crippen MR) is 110 cm³/mol. The van der Waals surface area contributed by atoms with Gasteiger partial charge in [-0.15, -0.1) is 0 Å². The molecule has 0 unspecified atom stereocenters. The van der Waals surface area contributed by atoms with Crippen molar-refractivity contribution >= 4 is 11.7 Å². The second kappa shape index (κ2) is 8.47. The van der Waals surface area contributed by atoms with Crippen LogP contribution in [-0.2, 0) is 23.2 Å². The van der Waals surface area contributed by atoms with Gasteiger partial charge in [0.1, 0.15) is 24.1 Å². The van der Waals surface area contributed by atoms with Crippen molar-refractivity contribution in [2.24, 2.45) is 5.92 Å². The molecule has 2 atom stereocenters. The number of rotatable bonds is 7. The van der Waals surface area contributed by atoms with Gasteiger partial charge in [0, 0.05) is 23.2 Å². The third-order valence-electron chi connectivity index (χ3n) is 5.88. The molecule has 0 spiro atoms. The van der Waals surface area contributed by atoms with E-state index in [2.05, 4.69) is 20.3 Å². The highest BCUT2D eigenvalue weighted by atomic mass is 19.1. The smallest absolute Gasteiger partial charge is 0.229 e. The summed E-state index contributed by atoms with van der Waals surface area (Å²) in [4.78, 5) is 25.2. The van der Waals surface area contributed by atoms with Gasteiger partial charge in [0.2, 0.25) is 5.91 Å². The van der Waals surface area contributed by atoms with Crippen molar-refractivity contribution in [1.29, 1.82) is 0 Å². The lowest BCUT2D eigenvalue weighted by atomic mass is 9.86. The van der Waals surface area contributed by atoms with Crippen molar-refractivity contribution < 1.29 is 18.7 Å². The minimum Gasteiger partial charge on any atom is -0.388 e. The van der Waals surface area contributed by atoms with E-state index in [9.17, 15) is 18.7 Å². The summed E-state index contributed by atoms with van der Waals surface area (Å²) in [6.07, 6.45) is 4.51. The van der Waals surface area contributed by atoms with Gasteiger partial charge in [0.05, 0.1) is 6.20 Å². The molecule has 2 N–H and O–H groups in total. The number of hydrogen-bond donors (Lipinski definition) is 2. The molecule has 2 heterocycles. The molecular formula is C23H22F2N4O2. The molecule has 1 amide bonds. The second-order valence-electron chi connectivity index (χ2n) is 7.83. The number of nitrogens with one attached hydrogen (secondary N) is 1. The van der Waals surface area contributed by atoms with Crippen LogP contribution in [-0.4, -0.2) is 26.0 Å². The first-order valence-electron chi connectivity index (χ1n) is 10.0. The fourth-order valence-corrected chi connectivity index (χ4v) is 4.07. The van der Waals surface area contributed by atoms with Crippen LogP contribution in [0.15, 0.2) is 48.8 Å². The Morgan fingerprint density at radius 1 is 1.19 bits per heavy atom. The Morgan fingerprint density at radius 2 is 2.03 bits per heavy atom. The number of aryl methyl sites for hydroxylation is 2. The fraction of sp³-hybridized carbons (Fsp3) is 0.304. The van der Waals surface area contributed by atoms with E-state index in [4.69, 9.17) is 0 Å². The fourth-order valence-electron chi connectivity index (χ4n) is 4.07. The van der Waals surface area contributed by atoms with Crippen molar-refractivity contribution in [1.82, 2.24) is 15.0 Å². The van der Waals surface area contributed by atoms with Crippen molar-refractivity contribution in [3.8, 4) is 0 Å². The van der Waals surface area contributed by atoms with Gasteiger partial charge in [-0.25, -0.2) is 23.7 Å². The van der Waals surface area contributed by atoms with Crippen LogP contribution in [0.3, 0.4) is 0 Å². The largest absolute Gasteiger partial charge is 0.388 e. The van der Waals surface area contributed by atoms with Crippen molar-refractivity contribution in [3.63, 3.8) is 0 Å². The zero-order valence-electron chi connectivity index (χ0n) is 17.0. The van der Waals surface area contributed by atoms with E-state index < -0.39 is 11.2 Å². The Labute approximate surface area is 178 Å². The van der Waals surface area contributed by atoms with Gasteiger partial charge in [0.25, 0.3) is 0 Å². The van der Waals surface area contributed by atoms with Crippen molar-refractivity contribution in [3.05, 3.63) is 83.1 Å². The summed E-state index contributed by atoms with van der Waals surface area (Å²) in [5.41, 5.74) is 1.93. The number of pyridine rings is 1. The molecule has 1 aromatic carbocycles. The number of anilines is 1. The molecule has 1 fully saturated rings. The molecule has 31 heavy (non-hydrogen) atoms. The van der Waals surface area contributed by atoms with E-state index in [0.29, 0.717) is 25.1 Å². The summed E-state index contributed by atoms with van der Waals surface area (Å²) < 4.78 is 27.0. The first kappa shape index (κ1) is 21.0. The van der Waals surface area contributed by atoms with Crippen LogP contribution in [0.1, 0.15) is 35.5 Å². The number of carbonyl (C=O) groups is 1. The molecule has 1 aliphatic carbocycles. The molecule has 160 valence electrons. The Morgan fingerprint density at radius 3 is 2.71 bits per heavy atom. The van der Waals surface area contributed by atoms with Gasteiger partial charge >= 0.3 is 0 Å². The Hall–Kier alpha value is -3.26. The molecule has 6 nitrogen and oxygen atoms in total. The van der Waals surface area contributed by atoms with Gasteiger partial charge in [-0.2, -0.15) is 0 Å². The maximum atomic E-state index is 14.0. The lowest BCUT2D eigenvalue weighted by Gasteiger charge is -2.19. The van der Waals surface area contributed by atoms with Gasteiger partial charge in [0.15, 0.2) is 5.82 Å². The van der Waals surface area contributed by atoms with Crippen LogP contribution >= 0.6 is 0 Å². The third kappa shape index (κ3) is 4.44. The number of benzene rings is 1. The molecule has 0 saturated heterocycles. The van der Waals surface area contributed by atoms with E-state index in [1.165, 1.54) is 24.3 Å². The van der Waals surface area contributed by atoms with E-state index in [0.717, 1.165) is 23.0 Å². The monoisotopic (exact) mass is 424 g/mol. The minimum atomic E-state index is -0.520. The van der Waals surface area contributed by atoms with E-state index in [-0.39, 0.29) is 30.1 Å². The minimum absolute atomic E-state index is 0.228. The first-order valence-corrected chi connectivity index (χ1v) is 10.0. The molecule has 1 saturated carbocycles. The number of halogens is 2. The zero-order chi connectivity index (χ0) is 22.0. The predicted octanol–water partition coefficient (Wildman–Crippen LogP) is 3.48. The molecule has 4 rings (SSSR count). The summed E-state index contributed by atoms with van der Waals surface area (Å²) in [6, 6.07) is 8.97. The van der Waals surface area contributed by atoms with Crippen LogP contribution in [0, 0.1) is 24.5 Å². The van der Waals surface area contributed by atoms with Gasteiger partial charge < -0.3 is 10.4 Å². The average Bonchev–Trinajstić information content (AvgIpc) is 3.50. The standard InChI is InChI=1S/C23H22F2N4O2/c1-14-15(11-26-21(13-30)28-14)7-8-23(16-3-2-4-17(24)9-16)10-19(23)22(31)29-20-6-5-18(25)12-27-20/h2-6,9,11-12,19,30H,7-8,10,13H2,1H3,(H,27,29,31)/t19-,23-/m0/s1. The van der Waals surface area contributed by atoms with Gasteiger partial charge in [-0.3, -0.25) is 4.79 Å². The topological polar surface area (TPSA) is 88.0 Å². The lowest BCUT2D eigenvalue weighted by Crippen LogP contribution is -2.22. The molecule has 2 aromatic heterocycles. The van der Waals surface area contributed by atoms with E-state index in [1.807, 2.05) is 13.0 Å². The SMILES string of the molecule is Cc1nc(CO)ncc1CC[C@@]1(c2cccc(F)c2)C[C@H]1C(=O)Nc1ccc(F)cn1. The number of aliphatic hydroxyl groups excluding tert-OH is 1. The summed E-state index contributed by atoms with van der Waals surface area (Å²) in [5.74, 6) is -0.795. The van der Waals surface area contributed by atoms with Crippen molar-refractivity contribution in [2.45, 2.75) is 38.2 Å². The number of aliphatic hydroxyl groups is 1. The Balaban J connectivity index is 1.55. The molecule has 8 heteroatoms. The molecule has 3 aromatic rings. The highest BCUT2D eigenvalue weighted by Crippen LogP contribution is 2.57. The number of amides is 1. The Bertz CT molecular complexity index is 1110. The maximum absolute atomic E-state index is 14.0. The Kier molecular flexibility index (Phi) is 5.73. The third-order valence-corrected chi connectivity index (χ3v) is 5.88. The van der Waals surface area contributed by atoms with Gasteiger partial charge in [-0.1, -0.05) is 12.1 Å². The van der Waals surface area contributed by atoms with Crippen LogP contribution in [0.5, 0.6) is 0 Å². The van der Waals surface area contributed by atoms with Gasteiger partial charge in [-0.05, 0) is 61.6 Å². The van der Waals surface area contributed by atoms with Crippen LogP contribution in [0.4, 0.5) is 14.6 Å².